The van der Waals surface area contributed by atoms with Crippen LogP contribution < -0.4 is 26.1 Å². The van der Waals surface area contributed by atoms with E-state index in [1.807, 2.05) is 13.0 Å². The van der Waals surface area contributed by atoms with Gasteiger partial charge in [-0.25, -0.2) is 5.43 Å². The van der Waals surface area contributed by atoms with Crippen molar-refractivity contribution in [3.05, 3.63) is 58.4 Å². The fraction of sp³-hybridized carbons (Fsp3) is 0.516. The molecule has 238 valence electrons. The minimum atomic E-state index is -4.46. The minimum absolute atomic E-state index is 0.0943. The molecular formula is C31H44F3N5O3S. The lowest BCUT2D eigenvalue weighted by atomic mass is 10.1. The van der Waals surface area contributed by atoms with E-state index in [9.17, 15) is 18.0 Å². The number of unbranched alkanes of at least 4 members (excludes halogenated alkanes) is 2. The first-order valence-electron chi connectivity index (χ1n) is 14.6. The lowest BCUT2D eigenvalue weighted by molar-refractivity contribution is -0.0322. The van der Waals surface area contributed by atoms with Gasteiger partial charge in [-0.2, -0.15) is 13.2 Å². The Balaban J connectivity index is 0.00000151. The van der Waals surface area contributed by atoms with Crippen LogP contribution in [-0.4, -0.2) is 60.9 Å². The van der Waals surface area contributed by atoms with Crippen LogP contribution in [0.1, 0.15) is 69.7 Å². The van der Waals surface area contributed by atoms with Crippen LogP contribution in [0.3, 0.4) is 0 Å². The first-order chi connectivity index (χ1) is 20.6. The number of hydrazine groups is 1. The number of allylic oxidation sites excluding steroid dienone is 3. The molecule has 0 aliphatic carbocycles. The number of alkyl halides is 3. The predicted octanol–water partition coefficient (Wildman–Crippen LogP) is 5.87. The molecule has 0 spiro atoms. The zero-order valence-corrected chi connectivity index (χ0v) is 26.3. The van der Waals surface area contributed by atoms with Gasteiger partial charge in [-0.3, -0.25) is 9.80 Å². The average Bonchev–Trinajstić information content (AvgIpc) is 3.34. The van der Waals surface area contributed by atoms with Gasteiger partial charge in [0, 0.05) is 30.2 Å². The van der Waals surface area contributed by atoms with Crippen LogP contribution in [0.4, 0.5) is 18.9 Å². The highest BCUT2D eigenvalue weighted by atomic mass is 32.2. The molecule has 1 aromatic carbocycles. The zero-order chi connectivity index (χ0) is 31.8. The summed E-state index contributed by atoms with van der Waals surface area (Å²) < 4.78 is 45.9. The number of hydrogen-bond donors (Lipinski definition) is 5. The fourth-order valence-corrected chi connectivity index (χ4v) is 5.02. The molecule has 0 saturated heterocycles. The van der Waals surface area contributed by atoms with Gasteiger partial charge in [0.05, 0.1) is 25.0 Å². The summed E-state index contributed by atoms with van der Waals surface area (Å²) in [4.78, 5) is 12.1. The van der Waals surface area contributed by atoms with E-state index in [4.69, 9.17) is 9.84 Å². The van der Waals surface area contributed by atoms with Crippen molar-refractivity contribution < 1.29 is 27.8 Å². The number of amides is 1. The molecule has 0 radical (unpaired) electrons. The molecule has 2 heterocycles. The molecular weight excluding hydrogens is 579 g/mol. The second-order valence-corrected chi connectivity index (χ2v) is 10.9. The average molecular weight is 624 g/mol. The van der Waals surface area contributed by atoms with Gasteiger partial charge in [0.1, 0.15) is 17.6 Å². The molecule has 1 aromatic rings. The normalized spacial score (nSPS) is 16.3. The van der Waals surface area contributed by atoms with E-state index < -0.39 is 11.6 Å². The number of hydrogen-bond acceptors (Lipinski definition) is 8. The lowest BCUT2D eigenvalue weighted by Gasteiger charge is -2.30. The maximum absolute atomic E-state index is 13.5. The fourth-order valence-electron chi connectivity index (χ4n) is 4.28. The molecule has 43 heavy (non-hydrogen) atoms. The summed E-state index contributed by atoms with van der Waals surface area (Å²) in [6.45, 7) is 6.64. The SMILES string of the molecule is CCCCCC(CC)NC1=CC=CC2=C(SC(F)(F)F)C(C#CCNc3cc(C(=O)NC)ccc3OC)NN12.CCCO. The molecule has 2 aliphatic heterocycles. The lowest BCUT2D eigenvalue weighted by Crippen LogP contribution is -2.44. The number of nitrogens with one attached hydrogen (secondary N) is 4. The Labute approximate surface area is 257 Å². The van der Waals surface area contributed by atoms with Gasteiger partial charge < -0.3 is 25.8 Å². The Kier molecular flexibility index (Phi) is 15.4. The van der Waals surface area contributed by atoms with Gasteiger partial charge in [-0.05, 0) is 61.4 Å². The number of carbonyl (C=O) groups is 1. The van der Waals surface area contributed by atoms with Crippen LogP contribution in [0.15, 0.2) is 52.9 Å². The van der Waals surface area contributed by atoms with Gasteiger partial charge in [0.25, 0.3) is 5.91 Å². The molecule has 0 saturated carbocycles. The Morgan fingerprint density at radius 2 is 1.98 bits per heavy atom. The smallest absolute Gasteiger partial charge is 0.446 e. The molecule has 12 heteroatoms. The van der Waals surface area contributed by atoms with Crippen molar-refractivity contribution in [2.75, 3.05) is 32.6 Å². The van der Waals surface area contributed by atoms with Gasteiger partial charge in [-0.15, -0.1) is 0 Å². The Morgan fingerprint density at radius 3 is 2.58 bits per heavy atom. The zero-order valence-electron chi connectivity index (χ0n) is 25.5. The van der Waals surface area contributed by atoms with Crippen molar-refractivity contribution in [2.24, 2.45) is 0 Å². The summed E-state index contributed by atoms with van der Waals surface area (Å²) in [6, 6.07) is 4.31. The highest BCUT2D eigenvalue weighted by Crippen LogP contribution is 2.43. The largest absolute Gasteiger partial charge is 0.495 e. The van der Waals surface area contributed by atoms with E-state index in [0.29, 0.717) is 35.1 Å². The van der Waals surface area contributed by atoms with E-state index in [0.717, 1.165) is 38.5 Å². The van der Waals surface area contributed by atoms with Crippen LogP contribution in [0.5, 0.6) is 5.75 Å². The number of benzene rings is 1. The Morgan fingerprint density at radius 1 is 1.23 bits per heavy atom. The van der Waals surface area contributed by atoms with E-state index >= 15 is 0 Å². The van der Waals surface area contributed by atoms with Crippen LogP contribution in [0.25, 0.3) is 0 Å². The van der Waals surface area contributed by atoms with E-state index in [-0.39, 0.29) is 35.2 Å². The maximum Gasteiger partial charge on any atom is 0.446 e. The van der Waals surface area contributed by atoms with Crippen LogP contribution in [-0.2, 0) is 0 Å². The molecule has 2 atom stereocenters. The van der Waals surface area contributed by atoms with Crippen LogP contribution >= 0.6 is 11.8 Å². The monoisotopic (exact) mass is 623 g/mol. The first-order valence-corrected chi connectivity index (χ1v) is 15.4. The summed E-state index contributed by atoms with van der Waals surface area (Å²) in [6.07, 6.45) is 11.4. The second kappa shape index (κ2) is 18.4. The number of ether oxygens (including phenoxy) is 1. The van der Waals surface area contributed by atoms with E-state index in [2.05, 4.69) is 47.1 Å². The number of anilines is 1. The third-order valence-electron chi connectivity index (χ3n) is 6.52. The van der Waals surface area contributed by atoms with Gasteiger partial charge in [-0.1, -0.05) is 58.0 Å². The third kappa shape index (κ3) is 11.4. The minimum Gasteiger partial charge on any atom is -0.495 e. The third-order valence-corrected chi connectivity index (χ3v) is 7.41. The number of rotatable bonds is 13. The number of methoxy groups -OCH3 is 1. The molecule has 5 N–H and O–H groups in total. The number of aliphatic hydroxyl groups excluding tert-OH is 1. The summed E-state index contributed by atoms with van der Waals surface area (Å²) >= 11 is -0.148. The van der Waals surface area contributed by atoms with Gasteiger partial charge in [0.2, 0.25) is 0 Å². The maximum atomic E-state index is 13.5. The van der Waals surface area contributed by atoms with Crippen molar-refractivity contribution in [3.63, 3.8) is 0 Å². The highest BCUT2D eigenvalue weighted by Gasteiger charge is 2.40. The van der Waals surface area contributed by atoms with Crippen molar-refractivity contribution in [1.29, 1.82) is 0 Å². The highest BCUT2D eigenvalue weighted by molar-refractivity contribution is 8.04. The summed E-state index contributed by atoms with van der Waals surface area (Å²) in [5.41, 5.74) is 0.108. The molecule has 0 bridgehead atoms. The topological polar surface area (TPSA) is 97.9 Å². The summed E-state index contributed by atoms with van der Waals surface area (Å²) in [7, 11) is 3.05. The molecule has 8 nitrogen and oxygen atoms in total. The van der Waals surface area contributed by atoms with Gasteiger partial charge >= 0.3 is 5.51 Å². The van der Waals surface area contributed by atoms with Crippen molar-refractivity contribution in [3.8, 4) is 17.6 Å². The van der Waals surface area contributed by atoms with E-state index in [1.54, 1.807) is 42.4 Å². The first kappa shape index (κ1) is 35.9. The number of nitrogens with zero attached hydrogens (tertiary/aromatic N) is 1. The number of aliphatic hydroxyl groups is 1. The Bertz CT molecular complexity index is 1210. The van der Waals surface area contributed by atoms with Gasteiger partial charge in [0.15, 0.2) is 0 Å². The number of fused-ring (bicyclic) bond motifs is 1. The predicted molar refractivity (Wildman–Crippen MR) is 168 cm³/mol. The number of thioether (sulfide) groups is 1. The van der Waals surface area contributed by atoms with Crippen LogP contribution in [0, 0.1) is 11.8 Å². The van der Waals surface area contributed by atoms with Crippen molar-refractivity contribution >= 4 is 23.4 Å². The molecule has 2 unspecified atom stereocenters. The van der Waals surface area contributed by atoms with E-state index in [1.165, 1.54) is 7.11 Å². The molecule has 3 rings (SSSR count). The molecule has 0 fully saturated rings. The standard InChI is InChI=1S/C28H36F3N5O2S.C3H8O/c1-5-7-8-11-20(6-2)34-25-14-9-13-23-26(39-28(29,30)31)21(35-36(23)25)12-10-17-33-22-18-19(27(37)32-3)15-16-24(22)38-4;1-2-3-4/h9,13-16,18,20-21,33-35H,5-8,11,17H2,1-4H3,(H,32,37);4H,2-3H2,1H3. The van der Waals surface area contributed by atoms with Crippen LogP contribution in [0.2, 0.25) is 0 Å². The molecule has 0 aromatic heterocycles. The molecule has 2 aliphatic rings. The second-order valence-electron chi connectivity index (χ2n) is 9.74. The Hall–Kier alpha value is -3.27. The summed E-state index contributed by atoms with van der Waals surface area (Å²) in [5, 5.41) is 18.7. The summed E-state index contributed by atoms with van der Waals surface area (Å²) in [5.74, 6) is 6.85. The quantitative estimate of drug-likeness (QED) is 0.138. The van der Waals surface area contributed by atoms with Crippen molar-refractivity contribution in [1.82, 2.24) is 21.1 Å². The number of carbonyl (C=O) groups excluding carboxylic acids is 1. The number of halogens is 3. The van der Waals surface area contributed by atoms with Crippen molar-refractivity contribution in [2.45, 2.75) is 76.9 Å². The molecule has 1 amide bonds.